The second kappa shape index (κ2) is 9.54. The molecule has 1 aliphatic rings. The number of anilines is 1. The Bertz CT molecular complexity index is 1670. The van der Waals surface area contributed by atoms with Crippen LogP contribution in [0.4, 0.5) is 5.69 Å². The minimum Gasteiger partial charge on any atom is -0.322 e. The standard InChI is InChI=1S/C28H27N5O2S/c1-5-32-19(4)21(16-29-32)15-23-27(35)33-25(20-12-7-6-8-13-20)24(18(3)30-28(33)36-23)26(34)31-22-14-10-9-11-17(22)2/h6-16,25H,5H2,1-4H3,(H,31,34)/b23-15+/t25-/m0/s1. The maximum Gasteiger partial charge on any atom is 0.271 e. The fourth-order valence-electron chi connectivity index (χ4n) is 4.53. The highest BCUT2D eigenvalue weighted by Gasteiger charge is 2.32. The van der Waals surface area contributed by atoms with Crippen molar-refractivity contribution in [2.24, 2.45) is 4.99 Å². The highest BCUT2D eigenvalue weighted by molar-refractivity contribution is 7.07. The molecule has 5 rings (SSSR count). The van der Waals surface area contributed by atoms with E-state index in [-0.39, 0.29) is 11.5 Å². The number of fused-ring (bicyclic) bond motifs is 1. The van der Waals surface area contributed by atoms with Crippen molar-refractivity contribution in [1.82, 2.24) is 14.3 Å². The lowest BCUT2D eigenvalue weighted by atomic mass is 9.95. The number of rotatable bonds is 5. The van der Waals surface area contributed by atoms with E-state index in [1.54, 1.807) is 10.8 Å². The van der Waals surface area contributed by atoms with Gasteiger partial charge in [0.1, 0.15) is 0 Å². The van der Waals surface area contributed by atoms with Crippen LogP contribution in [-0.2, 0) is 11.3 Å². The molecule has 182 valence electrons. The fraction of sp³-hybridized carbons (Fsp3) is 0.214. The SMILES string of the molecule is CCn1ncc(/C=c2/sc3n(c2=O)[C@@H](c2ccccc2)C(C(=O)Nc2ccccc2C)=C(C)N=3)c1C. The van der Waals surface area contributed by atoms with Gasteiger partial charge in [0.05, 0.1) is 28.0 Å². The monoisotopic (exact) mass is 497 g/mol. The van der Waals surface area contributed by atoms with Gasteiger partial charge in [-0.05, 0) is 51.0 Å². The van der Waals surface area contributed by atoms with Crippen LogP contribution in [0.1, 0.15) is 42.3 Å². The summed E-state index contributed by atoms with van der Waals surface area (Å²) in [6, 6.07) is 16.7. The van der Waals surface area contributed by atoms with Gasteiger partial charge in [0.15, 0.2) is 4.80 Å². The minimum atomic E-state index is -0.590. The number of nitrogens with zero attached hydrogens (tertiary/aromatic N) is 4. The number of aromatic nitrogens is 3. The zero-order valence-electron chi connectivity index (χ0n) is 20.6. The van der Waals surface area contributed by atoms with E-state index >= 15 is 0 Å². The second-order valence-electron chi connectivity index (χ2n) is 8.76. The first-order valence-electron chi connectivity index (χ1n) is 11.9. The Kier molecular flexibility index (Phi) is 6.28. The highest BCUT2D eigenvalue weighted by Crippen LogP contribution is 2.31. The number of aryl methyl sites for hydroxylation is 2. The summed E-state index contributed by atoms with van der Waals surface area (Å²) in [7, 11) is 0. The van der Waals surface area contributed by atoms with Crippen molar-refractivity contribution in [2.75, 3.05) is 5.32 Å². The lowest BCUT2D eigenvalue weighted by Gasteiger charge is -2.25. The molecule has 4 aromatic rings. The molecular formula is C28H27N5O2S. The van der Waals surface area contributed by atoms with Crippen molar-refractivity contribution in [1.29, 1.82) is 0 Å². The molecule has 1 N–H and O–H groups in total. The number of thiazole rings is 1. The summed E-state index contributed by atoms with van der Waals surface area (Å²) >= 11 is 1.33. The van der Waals surface area contributed by atoms with Crippen molar-refractivity contribution >= 4 is 29.0 Å². The molecule has 0 saturated carbocycles. The largest absolute Gasteiger partial charge is 0.322 e. The number of carbonyl (C=O) groups is 1. The van der Waals surface area contributed by atoms with Gasteiger partial charge in [-0.1, -0.05) is 59.9 Å². The molecule has 36 heavy (non-hydrogen) atoms. The molecule has 1 atom stereocenters. The molecule has 3 heterocycles. The predicted octanol–water partition coefficient (Wildman–Crippen LogP) is 3.71. The number of hydrogen-bond acceptors (Lipinski definition) is 5. The average Bonchev–Trinajstić information content (AvgIpc) is 3.38. The summed E-state index contributed by atoms with van der Waals surface area (Å²) in [5, 5.41) is 7.43. The highest BCUT2D eigenvalue weighted by atomic mass is 32.1. The molecular weight excluding hydrogens is 470 g/mol. The zero-order valence-corrected chi connectivity index (χ0v) is 21.5. The molecule has 0 radical (unpaired) electrons. The molecule has 0 aliphatic carbocycles. The molecule has 1 aliphatic heterocycles. The Balaban J connectivity index is 1.67. The Hall–Kier alpha value is -4.04. The van der Waals surface area contributed by atoms with E-state index in [1.165, 1.54) is 11.3 Å². The van der Waals surface area contributed by atoms with Crippen LogP contribution in [0.3, 0.4) is 0 Å². The third-order valence-electron chi connectivity index (χ3n) is 6.50. The van der Waals surface area contributed by atoms with Gasteiger partial charge >= 0.3 is 0 Å². The van der Waals surface area contributed by atoms with Crippen LogP contribution >= 0.6 is 11.3 Å². The number of benzene rings is 2. The summed E-state index contributed by atoms with van der Waals surface area (Å²) in [5.41, 5.74) is 5.31. The molecule has 0 spiro atoms. The lowest BCUT2D eigenvalue weighted by molar-refractivity contribution is -0.113. The molecule has 1 amide bonds. The van der Waals surface area contributed by atoms with Crippen LogP contribution < -0.4 is 20.2 Å². The minimum absolute atomic E-state index is 0.176. The lowest BCUT2D eigenvalue weighted by Crippen LogP contribution is -2.40. The van der Waals surface area contributed by atoms with Crippen molar-refractivity contribution < 1.29 is 4.79 Å². The van der Waals surface area contributed by atoms with Crippen molar-refractivity contribution in [2.45, 2.75) is 40.3 Å². The first-order chi connectivity index (χ1) is 17.4. The van der Waals surface area contributed by atoms with Gasteiger partial charge in [0.2, 0.25) is 0 Å². The number of allylic oxidation sites excluding steroid dienone is 1. The summed E-state index contributed by atoms with van der Waals surface area (Å²) in [6.45, 7) is 8.56. The van der Waals surface area contributed by atoms with Crippen LogP contribution in [0.15, 0.2) is 81.9 Å². The van der Waals surface area contributed by atoms with E-state index in [1.807, 2.05) is 93.1 Å². The van der Waals surface area contributed by atoms with Crippen molar-refractivity contribution in [3.63, 3.8) is 0 Å². The Morgan fingerprint density at radius 2 is 1.81 bits per heavy atom. The van der Waals surface area contributed by atoms with Crippen LogP contribution in [-0.4, -0.2) is 20.3 Å². The summed E-state index contributed by atoms with van der Waals surface area (Å²) in [6.07, 6.45) is 3.64. The van der Waals surface area contributed by atoms with Crippen molar-refractivity contribution in [3.8, 4) is 0 Å². The zero-order chi connectivity index (χ0) is 25.4. The number of nitrogens with one attached hydrogen (secondary N) is 1. The third-order valence-corrected chi connectivity index (χ3v) is 7.49. The van der Waals surface area contributed by atoms with Gasteiger partial charge in [-0.15, -0.1) is 0 Å². The Morgan fingerprint density at radius 3 is 2.50 bits per heavy atom. The summed E-state index contributed by atoms with van der Waals surface area (Å²) in [5.74, 6) is -0.270. The first-order valence-corrected chi connectivity index (χ1v) is 12.7. The van der Waals surface area contributed by atoms with E-state index < -0.39 is 6.04 Å². The van der Waals surface area contributed by atoms with Gasteiger partial charge in [0, 0.05) is 23.5 Å². The van der Waals surface area contributed by atoms with Gasteiger partial charge in [-0.2, -0.15) is 5.10 Å². The van der Waals surface area contributed by atoms with Gasteiger partial charge in [0.25, 0.3) is 11.5 Å². The van der Waals surface area contributed by atoms with E-state index in [9.17, 15) is 9.59 Å². The Labute approximate surface area is 212 Å². The van der Waals surface area contributed by atoms with Crippen LogP contribution in [0.5, 0.6) is 0 Å². The first kappa shape index (κ1) is 23.7. The Morgan fingerprint density at radius 1 is 1.08 bits per heavy atom. The van der Waals surface area contributed by atoms with E-state index in [0.717, 1.165) is 34.6 Å². The maximum absolute atomic E-state index is 13.8. The number of carbonyl (C=O) groups excluding carboxylic acids is 1. The van der Waals surface area contributed by atoms with Crippen LogP contribution in [0, 0.1) is 13.8 Å². The molecule has 0 saturated heterocycles. The number of hydrogen-bond donors (Lipinski definition) is 1. The summed E-state index contributed by atoms with van der Waals surface area (Å²) < 4.78 is 4.10. The molecule has 0 unspecified atom stereocenters. The molecule has 2 aromatic carbocycles. The molecule has 2 aromatic heterocycles. The quantitative estimate of drug-likeness (QED) is 0.457. The molecule has 0 bridgehead atoms. The summed E-state index contributed by atoms with van der Waals surface area (Å²) in [4.78, 5) is 32.7. The fourth-order valence-corrected chi connectivity index (χ4v) is 5.57. The van der Waals surface area contributed by atoms with Gasteiger partial charge < -0.3 is 5.32 Å². The third kappa shape index (κ3) is 4.13. The topological polar surface area (TPSA) is 81.3 Å². The molecule has 0 fully saturated rings. The molecule has 8 heteroatoms. The normalized spacial score (nSPS) is 15.6. The van der Waals surface area contributed by atoms with Crippen LogP contribution in [0.2, 0.25) is 0 Å². The average molecular weight is 498 g/mol. The number of para-hydroxylation sites is 1. The van der Waals surface area contributed by atoms with Crippen LogP contribution in [0.25, 0.3) is 6.08 Å². The van der Waals surface area contributed by atoms with Crippen molar-refractivity contribution in [3.05, 3.63) is 114 Å². The van der Waals surface area contributed by atoms with E-state index in [0.29, 0.717) is 20.6 Å². The van der Waals surface area contributed by atoms with E-state index in [4.69, 9.17) is 4.99 Å². The number of amides is 1. The molecule has 7 nitrogen and oxygen atoms in total. The van der Waals surface area contributed by atoms with Gasteiger partial charge in [-0.3, -0.25) is 18.8 Å². The van der Waals surface area contributed by atoms with Gasteiger partial charge in [-0.25, -0.2) is 4.99 Å². The van der Waals surface area contributed by atoms with E-state index in [2.05, 4.69) is 10.4 Å². The maximum atomic E-state index is 13.8. The predicted molar refractivity (Wildman–Crippen MR) is 143 cm³/mol. The second-order valence-corrected chi connectivity index (χ2v) is 9.77. The smallest absolute Gasteiger partial charge is 0.271 e.